The summed E-state index contributed by atoms with van der Waals surface area (Å²) >= 11 is 1.27. The van der Waals surface area contributed by atoms with Gasteiger partial charge in [-0.25, -0.2) is 8.42 Å². The Morgan fingerprint density at radius 1 is 1.06 bits per heavy atom. The van der Waals surface area contributed by atoms with Gasteiger partial charge in [0.15, 0.2) is 0 Å². The molecule has 0 radical (unpaired) electrons. The van der Waals surface area contributed by atoms with Crippen LogP contribution in [0.1, 0.15) is 51.5 Å². The number of sulfonamides is 1. The van der Waals surface area contributed by atoms with Gasteiger partial charge in [-0.1, -0.05) is 24.6 Å². The van der Waals surface area contributed by atoms with Crippen molar-refractivity contribution in [1.29, 1.82) is 0 Å². The Morgan fingerprint density at radius 3 is 2.34 bits per heavy atom. The van der Waals surface area contributed by atoms with Crippen molar-refractivity contribution in [1.82, 2.24) is 9.21 Å². The lowest BCUT2D eigenvalue weighted by atomic mass is 9.82. The number of piperazine rings is 1. The number of nitrogens with zero attached hydrogens (tertiary/aromatic N) is 3. The molecule has 2 unspecified atom stereocenters. The van der Waals surface area contributed by atoms with Crippen molar-refractivity contribution >= 4 is 27.0 Å². The molecule has 1 aromatic heterocycles. The van der Waals surface area contributed by atoms with E-state index in [1.165, 1.54) is 17.8 Å². The van der Waals surface area contributed by atoms with E-state index in [1.54, 1.807) is 30.3 Å². The average molecular weight is 520 g/mol. The van der Waals surface area contributed by atoms with E-state index in [0.717, 1.165) is 43.5 Å². The lowest BCUT2D eigenvalue weighted by Gasteiger charge is -2.51. The first-order valence-electron chi connectivity index (χ1n) is 12.7. The maximum Gasteiger partial charge on any atom is 0.252 e. The van der Waals surface area contributed by atoms with Crippen LogP contribution in [0.25, 0.3) is 0 Å². The van der Waals surface area contributed by atoms with Gasteiger partial charge in [-0.15, -0.1) is 11.3 Å². The Balaban J connectivity index is 1.42. The van der Waals surface area contributed by atoms with Crippen molar-refractivity contribution in [2.45, 2.75) is 80.0 Å². The van der Waals surface area contributed by atoms with Crippen molar-refractivity contribution in [3.05, 3.63) is 47.3 Å². The minimum absolute atomic E-state index is 0.00446. The van der Waals surface area contributed by atoms with Crippen molar-refractivity contribution in [2.75, 3.05) is 31.1 Å². The number of aliphatic hydroxyl groups is 2. The molecular formula is C26H37N3O4S2. The highest BCUT2D eigenvalue weighted by atomic mass is 32.2. The van der Waals surface area contributed by atoms with Crippen molar-refractivity contribution in [3.8, 4) is 0 Å². The summed E-state index contributed by atoms with van der Waals surface area (Å²) in [6, 6.07) is 12.2. The minimum Gasteiger partial charge on any atom is -0.393 e. The topological polar surface area (TPSA) is 84.3 Å². The van der Waals surface area contributed by atoms with Crippen LogP contribution in [-0.4, -0.2) is 78.2 Å². The molecular weight excluding hydrogens is 482 g/mol. The molecule has 2 N–H and O–H groups in total. The smallest absolute Gasteiger partial charge is 0.252 e. The van der Waals surface area contributed by atoms with Crippen molar-refractivity contribution in [3.63, 3.8) is 0 Å². The molecule has 3 aliphatic rings. The van der Waals surface area contributed by atoms with Crippen LogP contribution >= 0.6 is 11.3 Å². The first-order chi connectivity index (χ1) is 16.6. The van der Waals surface area contributed by atoms with Gasteiger partial charge in [-0.3, -0.25) is 4.90 Å². The van der Waals surface area contributed by atoms with Crippen LogP contribution < -0.4 is 4.90 Å². The molecule has 5 rings (SSSR count). The molecule has 0 spiro atoms. The Labute approximate surface area is 213 Å². The quantitative estimate of drug-likeness (QED) is 0.610. The molecule has 2 aromatic rings. The van der Waals surface area contributed by atoms with Gasteiger partial charge < -0.3 is 15.1 Å². The van der Waals surface area contributed by atoms with Crippen LogP contribution in [0.15, 0.2) is 46.0 Å². The van der Waals surface area contributed by atoms with Gasteiger partial charge in [0.1, 0.15) is 4.21 Å². The highest BCUT2D eigenvalue weighted by Crippen LogP contribution is 2.36. The molecule has 3 fully saturated rings. The number of hydrogen-bond acceptors (Lipinski definition) is 7. The van der Waals surface area contributed by atoms with E-state index in [1.807, 2.05) is 29.6 Å². The van der Waals surface area contributed by atoms with Gasteiger partial charge in [0.05, 0.1) is 17.7 Å². The fourth-order valence-electron chi connectivity index (χ4n) is 6.13. The predicted octanol–water partition coefficient (Wildman–Crippen LogP) is 3.23. The minimum atomic E-state index is -3.52. The Morgan fingerprint density at radius 2 is 1.74 bits per heavy atom. The number of hydrogen-bond donors (Lipinski definition) is 2. The van der Waals surface area contributed by atoms with E-state index >= 15 is 0 Å². The molecule has 3 atom stereocenters. The van der Waals surface area contributed by atoms with Gasteiger partial charge >= 0.3 is 0 Å². The lowest BCUT2D eigenvalue weighted by Crippen LogP contribution is -2.62. The number of anilines is 1. The van der Waals surface area contributed by atoms with Crippen molar-refractivity contribution in [2.24, 2.45) is 0 Å². The summed E-state index contributed by atoms with van der Waals surface area (Å²) in [5.41, 5.74) is 1.01. The summed E-state index contributed by atoms with van der Waals surface area (Å²) in [6.45, 7) is 5.83. The van der Waals surface area contributed by atoms with Gasteiger partial charge in [-0.05, 0) is 68.7 Å². The second-order valence-electron chi connectivity index (χ2n) is 10.8. The zero-order chi connectivity index (χ0) is 24.8. The second-order valence-corrected chi connectivity index (χ2v) is 13.9. The summed E-state index contributed by atoms with van der Waals surface area (Å²) in [4.78, 5) is 4.90. The number of benzene rings is 1. The number of aliphatic hydroxyl groups excluding tert-OH is 1. The molecule has 3 aliphatic heterocycles. The van der Waals surface area contributed by atoms with Crippen LogP contribution in [0.4, 0.5) is 5.69 Å². The van der Waals surface area contributed by atoms with Crippen LogP contribution in [0.5, 0.6) is 0 Å². The highest BCUT2D eigenvalue weighted by Gasteiger charge is 2.42. The third kappa shape index (κ3) is 5.17. The third-order valence-electron chi connectivity index (χ3n) is 7.96. The SMILES string of the molecule is CC(C)(O)c1ccc(N2CCN(S(=O)(=O)c3cccs3)C[C@@H]2CN2C3CCCC2CC(O)C3)cc1. The molecule has 1 aromatic carbocycles. The predicted molar refractivity (Wildman–Crippen MR) is 139 cm³/mol. The first kappa shape index (κ1) is 25.2. The second kappa shape index (κ2) is 9.76. The van der Waals surface area contributed by atoms with Gasteiger partial charge in [-0.2, -0.15) is 4.31 Å². The molecule has 3 saturated heterocycles. The van der Waals surface area contributed by atoms with Crippen LogP contribution in [0.2, 0.25) is 0 Å². The van der Waals surface area contributed by atoms with Crippen LogP contribution in [-0.2, 0) is 15.6 Å². The molecule has 2 bridgehead atoms. The largest absolute Gasteiger partial charge is 0.393 e. The monoisotopic (exact) mass is 519 g/mol. The third-order valence-corrected chi connectivity index (χ3v) is 11.2. The molecule has 192 valence electrons. The maximum absolute atomic E-state index is 13.4. The zero-order valence-electron chi connectivity index (χ0n) is 20.6. The molecule has 7 nitrogen and oxygen atoms in total. The van der Waals surface area contributed by atoms with E-state index in [9.17, 15) is 18.6 Å². The van der Waals surface area contributed by atoms with E-state index in [0.29, 0.717) is 35.9 Å². The summed E-state index contributed by atoms with van der Waals surface area (Å²) in [6.07, 6.45) is 4.77. The summed E-state index contributed by atoms with van der Waals surface area (Å²) in [5, 5.41) is 22.6. The number of thiophene rings is 1. The molecule has 9 heteroatoms. The summed E-state index contributed by atoms with van der Waals surface area (Å²) in [7, 11) is -3.52. The van der Waals surface area contributed by atoms with E-state index in [2.05, 4.69) is 9.80 Å². The number of piperidine rings is 2. The normalized spacial score (nSPS) is 28.9. The lowest BCUT2D eigenvalue weighted by molar-refractivity contribution is -0.0306. The summed E-state index contributed by atoms with van der Waals surface area (Å²) in [5.74, 6) is 0. The highest BCUT2D eigenvalue weighted by molar-refractivity contribution is 7.91. The fourth-order valence-corrected chi connectivity index (χ4v) is 8.74. The Bertz CT molecular complexity index is 1080. The van der Waals surface area contributed by atoms with E-state index in [-0.39, 0.29) is 12.1 Å². The molecule has 0 aliphatic carbocycles. The van der Waals surface area contributed by atoms with E-state index < -0.39 is 15.6 Å². The molecule has 0 amide bonds. The van der Waals surface area contributed by atoms with Gasteiger partial charge in [0, 0.05) is 44.0 Å². The number of rotatable bonds is 6. The van der Waals surface area contributed by atoms with Crippen molar-refractivity contribution < 1.29 is 18.6 Å². The fraction of sp³-hybridized carbons (Fsp3) is 0.615. The Hall–Kier alpha value is -1.49. The zero-order valence-corrected chi connectivity index (χ0v) is 22.2. The standard InChI is InChI=1S/C26H37N3O4S2/c1-26(2,31)19-8-10-20(11-9-19)28-13-12-27(35(32,33)25-7-4-14-34-25)17-23(28)18-29-21-5-3-6-22(29)16-24(30)15-21/h4,7-11,14,21-24,30-31H,3,5-6,12-13,15-18H2,1-2H3/t21?,22?,23-,24?/m1/s1. The molecule has 35 heavy (non-hydrogen) atoms. The first-order valence-corrected chi connectivity index (χ1v) is 15.0. The van der Waals surface area contributed by atoms with Gasteiger partial charge in [0.25, 0.3) is 10.0 Å². The van der Waals surface area contributed by atoms with Crippen LogP contribution in [0.3, 0.4) is 0 Å². The van der Waals surface area contributed by atoms with E-state index in [4.69, 9.17) is 0 Å². The average Bonchev–Trinajstić information content (AvgIpc) is 3.35. The maximum atomic E-state index is 13.4. The van der Waals surface area contributed by atoms with Crippen LogP contribution in [0, 0.1) is 0 Å². The Kier molecular flexibility index (Phi) is 7.02. The van der Waals surface area contributed by atoms with Gasteiger partial charge in [0.2, 0.25) is 0 Å². The molecule has 4 heterocycles. The summed E-state index contributed by atoms with van der Waals surface area (Å²) < 4.78 is 28.8. The number of fused-ring (bicyclic) bond motifs is 2. The molecule has 0 saturated carbocycles.